The van der Waals surface area contributed by atoms with Crippen LogP contribution in [-0.2, 0) is 0 Å². The minimum absolute atomic E-state index is 0.0508. The molecule has 2 nitrogen and oxygen atoms in total. The van der Waals surface area contributed by atoms with Crippen molar-refractivity contribution in [3.8, 4) is 0 Å². The molecule has 1 heterocycles. The number of rotatable bonds is 1. The molecule has 0 aliphatic carbocycles. The molecule has 0 spiro atoms. The second kappa shape index (κ2) is 4.03. The average molecular weight is 254 g/mol. The van der Waals surface area contributed by atoms with Gasteiger partial charge in [0.05, 0.1) is 5.39 Å². The number of carbonyl (C=O) groups is 1. The standard InChI is InChI=1S/C15H10O2S/c1-9(16)10-6-4-8-13-14(10)15(17)11-5-2-3-7-12(11)18-13/h2-8H,1H3. The highest BCUT2D eigenvalue weighted by atomic mass is 32.1. The van der Waals surface area contributed by atoms with Gasteiger partial charge in [-0.1, -0.05) is 24.3 Å². The number of benzene rings is 2. The van der Waals surface area contributed by atoms with Crippen molar-refractivity contribution in [2.45, 2.75) is 6.92 Å². The normalized spacial score (nSPS) is 10.9. The van der Waals surface area contributed by atoms with Gasteiger partial charge in [0.25, 0.3) is 0 Å². The largest absolute Gasteiger partial charge is 0.294 e. The minimum Gasteiger partial charge on any atom is -0.294 e. The molecule has 88 valence electrons. The van der Waals surface area contributed by atoms with Crippen LogP contribution in [0.25, 0.3) is 20.2 Å². The number of fused-ring (bicyclic) bond motifs is 2. The van der Waals surface area contributed by atoms with E-state index in [9.17, 15) is 9.59 Å². The molecule has 3 rings (SSSR count). The molecule has 1 aromatic heterocycles. The molecule has 0 unspecified atom stereocenters. The summed E-state index contributed by atoms with van der Waals surface area (Å²) in [6.45, 7) is 1.49. The second-order valence-corrected chi connectivity index (χ2v) is 5.25. The molecule has 3 aromatic rings. The van der Waals surface area contributed by atoms with Crippen LogP contribution in [0, 0.1) is 0 Å². The van der Waals surface area contributed by atoms with E-state index in [-0.39, 0.29) is 11.2 Å². The molecule has 18 heavy (non-hydrogen) atoms. The highest BCUT2D eigenvalue weighted by Crippen LogP contribution is 2.26. The quantitative estimate of drug-likeness (QED) is 0.491. The van der Waals surface area contributed by atoms with Crippen molar-refractivity contribution in [3.63, 3.8) is 0 Å². The van der Waals surface area contributed by atoms with E-state index in [0.29, 0.717) is 16.3 Å². The molecule has 0 N–H and O–H groups in total. The fourth-order valence-corrected chi connectivity index (χ4v) is 3.25. The molecule has 0 aliphatic rings. The first kappa shape index (κ1) is 11.1. The monoisotopic (exact) mass is 254 g/mol. The molecule has 0 amide bonds. The van der Waals surface area contributed by atoms with Gasteiger partial charge in [0.1, 0.15) is 0 Å². The zero-order valence-electron chi connectivity index (χ0n) is 9.77. The second-order valence-electron chi connectivity index (χ2n) is 4.16. The maximum absolute atomic E-state index is 12.5. The predicted molar refractivity (Wildman–Crippen MR) is 75.6 cm³/mol. The summed E-state index contributed by atoms with van der Waals surface area (Å²) < 4.78 is 1.82. The highest BCUT2D eigenvalue weighted by molar-refractivity contribution is 7.24. The van der Waals surface area contributed by atoms with Gasteiger partial charge in [-0.2, -0.15) is 0 Å². The summed E-state index contributed by atoms with van der Waals surface area (Å²) in [5.74, 6) is -0.0693. The number of ketones is 1. The van der Waals surface area contributed by atoms with Gasteiger partial charge in [0, 0.05) is 20.3 Å². The third-order valence-electron chi connectivity index (χ3n) is 2.98. The molecule has 0 radical (unpaired) electrons. The Kier molecular flexibility index (Phi) is 2.49. The minimum atomic E-state index is -0.0693. The van der Waals surface area contributed by atoms with Gasteiger partial charge in [-0.15, -0.1) is 11.3 Å². The zero-order valence-corrected chi connectivity index (χ0v) is 10.6. The molecular formula is C15H10O2S. The molecule has 0 aliphatic heterocycles. The van der Waals surface area contributed by atoms with Crippen LogP contribution in [0.4, 0.5) is 0 Å². The van der Waals surface area contributed by atoms with Gasteiger partial charge in [-0.25, -0.2) is 0 Å². The third-order valence-corrected chi connectivity index (χ3v) is 4.12. The van der Waals surface area contributed by atoms with E-state index in [1.54, 1.807) is 17.4 Å². The Labute approximate surface area is 107 Å². The van der Waals surface area contributed by atoms with Crippen LogP contribution >= 0.6 is 11.3 Å². The maximum atomic E-state index is 12.5. The first-order valence-corrected chi connectivity index (χ1v) is 6.45. The van der Waals surface area contributed by atoms with Crippen molar-refractivity contribution in [2.24, 2.45) is 0 Å². The van der Waals surface area contributed by atoms with Crippen LogP contribution in [0.15, 0.2) is 47.3 Å². The SMILES string of the molecule is CC(=O)c1cccc2sc3ccccc3c(=O)c12. The summed E-state index contributed by atoms with van der Waals surface area (Å²) in [5.41, 5.74) is 0.463. The van der Waals surface area contributed by atoms with Gasteiger partial charge in [-0.3, -0.25) is 9.59 Å². The molecule has 0 saturated heterocycles. The van der Waals surface area contributed by atoms with Crippen molar-refractivity contribution in [1.29, 1.82) is 0 Å². The van der Waals surface area contributed by atoms with Crippen molar-refractivity contribution in [3.05, 3.63) is 58.3 Å². The Morgan fingerprint density at radius 1 is 1.00 bits per heavy atom. The van der Waals surface area contributed by atoms with Crippen LogP contribution < -0.4 is 5.43 Å². The van der Waals surface area contributed by atoms with E-state index >= 15 is 0 Å². The molecule has 0 bridgehead atoms. The average Bonchev–Trinajstić information content (AvgIpc) is 2.38. The Morgan fingerprint density at radius 2 is 1.72 bits per heavy atom. The van der Waals surface area contributed by atoms with E-state index in [1.165, 1.54) is 6.92 Å². The maximum Gasteiger partial charge on any atom is 0.196 e. The van der Waals surface area contributed by atoms with Crippen LogP contribution in [0.1, 0.15) is 17.3 Å². The molecule has 0 fully saturated rings. The smallest absolute Gasteiger partial charge is 0.196 e. The van der Waals surface area contributed by atoms with E-state index < -0.39 is 0 Å². The first-order chi connectivity index (χ1) is 8.68. The number of hydrogen-bond acceptors (Lipinski definition) is 3. The van der Waals surface area contributed by atoms with Gasteiger partial charge in [-0.05, 0) is 25.1 Å². The molecule has 0 atom stereocenters. The molecule has 3 heteroatoms. The van der Waals surface area contributed by atoms with Gasteiger partial charge in [0.15, 0.2) is 11.2 Å². The fraction of sp³-hybridized carbons (Fsp3) is 0.0667. The summed E-state index contributed by atoms with van der Waals surface area (Å²) in [4.78, 5) is 24.1. The number of Topliss-reactive ketones (excluding diaryl/α,β-unsaturated/α-hetero) is 1. The Bertz CT molecular complexity index is 831. The van der Waals surface area contributed by atoms with Crippen molar-refractivity contribution < 1.29 is 4.79 Å². The van der Waals surface area contributed by atoms with Gasteiger partial charge in [0.2, 0.25) is 0 Å². The zero-order chi connectivity index (χ0) is 12.7. The molecule has 0 saturated carbocycles. The summed E-state index contributed by atoms with van der Waals surface area (Å²) >= 11 is 1.54. The van der Waals surface area contributed by atoms with Crippen molar-refractivity contribution >= 4 is 37.3 Å². The van der Waals surface area contributed by atoms with Crippen LogP contribution in [0.3, 0.4) is 0 Å². The Balaban J connectivity index is 2.61. The number of hydrogen-bond donors (Lipinski definition) is 0. The Hall–Kier alpha value is -2.00. The lowest BCUT2D eigenvalue weighted by atomic mass is 10.1. The number of carbonyl (C=O) groups excluding carboxylic acids is 1. The summed E-state index contributed by atoms with van der Waals surface area (Å²) in [6, 6.07) is 12.9. The van der Waals surface area contributed by atoms with Crippen LogP contribution in [-0.4, -0.2) is 5.78 Å². The fourth-order valence-electron chi connectivity index (χ4n) is 2.14. The van der Waals surface area contributed by atoms with E-state index in [0.717, 1.165) is 9.40 Å². The van der Waals surface area contributed by atoms with Crippen molar-refractivity contribution in [2.75, 3.05) is 0 Å². The third kappa shape index (κ3) is 1.56. The lowest BCUT2D eigenvalue weighted by Crippen LogP contribution is -2.06. The van der Waals surface area contributed by atoms with Crippen molar-refractivity contribution in [1.82, 2.24) is 0 Å². The van der Waals surface area contributed by atoms with Gasteiger partial charge >= 0.3 is 0 Å². The molecule has 2 aromatic carbocycles. The Morgan fingerprint density at radius 3 is 2.50 bits per heavy atom. The van der Waals surface area contributed by atoms with E-state index in [4.69, 9.17) is 0 Å². The van der Waals surface area contributed by atoms with E-state index in [2.05, 4.69) is 0 Å². The lowest BCUT2D eigenvalue weighted by molar-refractivity contribution is 0.101. The van der Waals surface area contributed by atoms with Crippen LogP contribution in [0.5, 0.6) is 0 Å². The molecular weight excluding hydrogens is 244 g/mol. The lowest BCUT2D eigenvalue weighted by Gasteiger charge is -2.04. The van der Waals surface area contributed by atoms with Gasteiger partial charge < -0.3 is 0 Å². The summed E-state index contributed by atoms with van der Waals surface area (Å²) in [6.07, 6.45) is 0. The highest BCUT2D eigenvalue weighted by Gasteiger charge is 2.11. The summed E-state index contributed by atoms with van der Waals surface area (Å²) in [7, 11) is 0. The summed E-state index contributed by atoms with van der Waals surface area (Å²) in [5, 5.41) is 1.23. The first-order valence-electron chi connectivity index (χ1n) is 5.64. The van der Waals surface area contributed by atoms with Crippen LogP contribution in [0.2, 0.25) is 0 Å². The van der Waals surface area contributed by atoms with E-state index in [1.807, 2.05) is 36.4 Å². The predicted octanol–water partition coefficient (Wildman–Crippen LogP) is 3.62. The topological polar surface area (TPSA) is 34.1 Å².